The molecule has 0 unspecified atom stereocenters. The zero-order valence-electron chi connectivity index (χ0n) is 15.7. The van der Waals surface area contributed by atoms with Crippen molar-refractivity contribution >= 4 is 39.5 Å². The number of rotatable bonds is 4. The molecule has 1 saturated heterocycles. The van der Waals surface area contributed by atoms with Crippen LogP contribution in [0.1, 0.15) is 9.80 Å². The summed E-state index contributed by atoms with van der Waals surface area (Å²) in [4.78, 5) is 27.1. The van der Waals surface area contributed by atoms with E-state index in [1.807, 2.05) is 35.8 Å². The highest BCUT2D eigenvalue weighted by Gasteiger charge is 2.19. The van der Waals surface area contributed by atoms with Gasteiger partial charge in [0.1, 0.15) is 0 Å². The van der Waals surface area contributed by atoms with E-state index in [2.05, 4.69) is 36.6 Å². The fourth-order valence-electron chi connectivity index (χ4n) is 3.63. The number of hydrogen-bond acceptors (Lipinski definition) is 6. The molecule has 5 rings (SSSR count). The lowest BCUT2D eigenvalue weighted by Crippen LogP contribution is -2.43. The number of anilines is 2. The van der Waals surface area contributed by atoms with Crippen LogP contribution >= 0.6 is 11.3 Å². The Kier molecular flexibility index (Phi) is 4.71. The van der Waals surface area contributed by atoms with Crippen molar-refractivity contribution in [2.75, 3.05) is 36.4 Å². The summed E-state index contributed by atoms with van der Waals surface area (Å²) < 4.78 is 0. The molecule has 8 heteroatoms. The van der Waals surface area contributed by atoms with Crippen molar-refractivity contribution in [1.82, 2.24) is 20.3 Å². The van der Waals surface area contributed by atoms with Crippen molar-refractivity contribution in [2.45, 2.75) is 0 Å². The van der Waals surface area contributed by atoms with Crippen LogP contribution < -0.4 is 15.5 Å². The Bertz CT molecular complexity index is 1160. The number of amides is 1. The maximum absolute atomic E-state index is 12.9. The summed E-state index contributed by atoms with van der Waals surface area (Å²) in [5.41, 5.74) is 4.55. The number of carbonyl (C=O) groups is 1. The average Bonchev–Trinajstić information content (AvgIpc) is 3.42. The van der Waals surface area contributed by atoms with Crippen LogP contribution in [-0.4, -0.2) is 47.0 Å². The molecular formula is C21H20N6OS. The molecule has 0 spiro atoms. The quantitative estimate of drug-likeness (QED) is 0.486. The number of benzene rings is 1. The molecule has 0 atom stereocenters. The third kappa shape index (κ3) is 3.48. The number of H-pyrrole nitrogens is 1. The normalized spacial score (nSPS) is 14.3. The zero-order chi connectivity index (χ0) is 19.6. The van der Waals surface area contributed by atoms with Crippen LogP contribution in [0.3, 0.4) is 0 Å². The van der Waals surface area contributed by atoms with Gasteiger partial charge in [-0.3, -0.25) is 9.78 Å². The van der Waals surface area contributed by atoms with E-state index in [0.29, 0.717) is 10.7 Å². The fourth-order valence-corrected chi connectivity index (χ4v) is 4.34. The first-order valence-electron chi connectivity index (χ1n) is 9.52. The van der Waals surface area contributed by atoms with E-state index in [0.717, 1.165) is 54.0 Å². The molecule has 0 saturated carbocycles. The summed E-state index contributed by atoms with van der Waals surface area (Å²) >= 11 is 1.34. The van der Waals surface area contributed by atoms with Crippen molar-refractivity contribution in [2.24, 2.45) is 0 Å². The molecule has 4 aromatic rings. The second kappa shape index (κ2) is 7.65. The summed E-state index contributed by atoms with van der Waals surface area (Å²) in [7, 11) is 0. The van der Waals surface area contributed by atoms with Gasteiger partial charge in [-0.1, -0.05) is 18.2 Å². The van der Waals surface area contributed by atoms with E-state index in [-0.39, 0.29) is 5.91 Å². The zero-order valence-corrected chi connectivity index (χ0v) is 16.5. The molecule has 7 nitrogen and oxygen atoms in total. The molecule has 29 heavy (non-hydrogen) atoms. The van der Waals surface area contributed by atoms with Crippen LogP contribution in [0.5, 0.6) is 0 Å². The minimum Gasteiger partial charge on any atom is -0.367 e. The van der Waals surface area contributed by atoms with Crippen LogP contribution in [-0.2, 0) is 0 Å². The molecule has 3 aromatic heterocycles. The first-order chi connectivity index (χ1) is 14.3. The number of pyridine rings is 1. The molecule has 0 radical (unpaired) electrons. The minimum absolute atomic E-state index is 0.217. The molecule has 1 fully saturated rings. The van der Waals surface area contributed by atoms with Gasteiger partial charge < -0.3 is 20.5 Å². The number of nitrogens with zero attached hydrogens (tertiary/aromatic N) is 3. The number of para-hydroxylation sites is 1. The van der Waals surface area contributed by atoms with Gasteiger partial charge in [0.15, 0.2) is 5.01 Å². The number of nitrogens with one attached hydrogen (secondary N) is 3. The lowest BCUT2D eigenvalue weighted by atomic mass is 10.1. The first kappa shape index (κ1) is 17.8. The number of fused-ring (bicyclic) bond motifs is 1. The van der Waals surface area contributed by atoms with Gasteiger partial charge in [0.05, 0.1) is 23.3 Å². The highest BCUT2D eigenvalue weighted by Crippen LogP contribution is 2.30. The van der Waals surface area contributed by atoms with E-state index in [1.165, 1.54) is 11.3 Å². The summed E-state index contributed by atoms with van der Waals surface area (Å²) in [5, 5.41) is 9.79. The number of aromatic nitrogens is 3. The number of carbonyl (C=O) groups excluding carboxylic acids is 1. The van der Waals surface area contributed by atoms with Crippen molar-refractivity contribution in [3.8, 4) is 11.3 Å². The van der Waals surface area contributed by atoms with E-state index < -0.39 is 0 Å². The van der Waals surface area contributed by atoms with Crippen LogP contribution in [0, 0.1) is 0 Å². The van der Waals surface area contributed by atoms with Gasteiger partial charge in [-0.2, -0.15) is 0 Å². The summed E-state index contributed by atoms with van der Waals surface area (Å²) in [6.07, 6.45) is 5.39. The van der Waals surface area contributed by atoms with Gasteiger partial charge in [0, 0.05) is 60.4 Å². The van der Waals surface area contributed by atoms with Gasteiger partial charge in [0.2, 0.25) is 0 Å². The second-order valence-electron chi connectivity index (χ2n) is 6.87. The van der Waals surface area contributed by atoms with Crippen LogP contribution in [0.25, 0.3) is 22.2 Å². The fraction of sp³-hybridized carbons (Fsp3) is 0.190. The smallest absolute Gasteiger partial charge is 0.284 e. The van der Waals surface area contributed by atoms with Crippen LogP contribution in [0.4, 0.5) is 11.4 Å². The van der Waals surface area contributed by atoms with Gasteiger partial charge in [-0.25, -0.2) is 4.98 Å². The highest BCUT2D eigenvalue weighted by atomic mass is 32.1. The van der Waals surface area contributed by atoms with Crippen molar-refractivity contribution in [3.63, 3.8) is 0 Å². The maximum Gasteiger partial charge on any atom is 0.284 e. The third-order valence-electron chi connectivity index (χ3n) is 5.07. The maximum atomic E-state index is 12.9. The molecule has 146 valence electrons. The molecule has 1 amide bonds. The van der Waals surface area contributed by atoms with E-state index in [4.69, 9.17) is 0 Å². The average molecular weight is 404 g/mol. The third-order valence-corrected chi connectivity index (χ3v) is 5.91. The van der Waals surface area contributed by atoms with Crippen molar-refractivity contribution < 1.29 is 4.79 Å². The summed E-state index contributed by atoms with van der Waals surface area (Å²) in [5.74, 6) is -0.217. The Morgan fingerprint density at radius 3 is 2.93 bits per heavy atom. The molecule has 4 heterocycles. The number of hydrogen-bond donors (Lipinski definition) is 3. The van der Waals surface area contributed by atoms with Gasteiger partial charge >= 0.3 is 0 Å². The Morgan fingerprint density at radius 1 is 1.17 bits per heavy atom. The molecule has 0 bridgehead atoms. The lowest BCUT2D eigenvalue weighted by molar-refractivity contribution is 0.102. The van der Waals surface area contributed by atoms with Crippen LogP contribution in [0.2, 0.25) is 0 Å². The second-order valence-corrected chi connectivity index (χ2v) is 7.73. The number of aromatic amines is 1. The van der Waals surface area contributed by atoms with E-state index in [9.17, 15) is 4.79 Å². The SMILES string of the molecule is O=C(Nc1cnccc1N1CCNCC1)c1nc(-c2c[nH]c3ccccc23)cs1. The molecule has 1 aromatic carbocycles. The van der Waals surface area contributed by atoms with E-state index in [1.54, 1.807) is 12.4 Å². The summed E-state index contributed by atoms with van der Waals surface area (Å²) in [6, 6.07) is 10.0. The Hall–Kier alpha value is -3.23. The minimum atomic E-state index is -0.217. The largest absolute Gasteiger partial charge is 0.367 e. The monoisotopic (exact) mass is 404 g/mol. The van der Waals surface area contributed by atoms with Gasteiger partial charge in [-0.05, 0) is 12.1 Å². The highest BCUT2D eigenvalue weighted by molar-refractivity contribution is 7.12. The van der Waals surface area contributed by atoms with Crippen molar-refractivity contribution in [3.05, 3.63) is 59.3 Å². The number of piperazine rings is 1. The Balaban J connectivity index is 1.39. The van der Waals surface area contributed by atoms with Gasteiger partial charge in [0.25, 0.3) is 5.91 Å². The molecule has 1 aliphatic rings. The predicted octanol–water partition coefficient (Wildman–Crippen LogP) is 3.35. The molecular weight excluding hydrogens is 384 g/mol. The molecule has 1 aliphatic heterocycles. The Labute approximate surface area is 171 Å². The number of thiazole rings is 1. The summed E-state index contributed by atoms with van der Waals surface area (Å²) in [6.45, 7) is 3.65. The standard InChI is InChI=1S/C21H20N6OS/c28-20(25-17-12-23-6-5-19(17)27-9-7-22-8-10-27)21-26-18(13-29-21)15-11-24-16-4-2-1-3-14(15)16/h1-6,11-13,22,24H,7-10H2,(H,25,28). The topological polar surface area (TPSA) is 85.9 Å². The molecule has 3 N–H and O–H groups in total. The van der Waals surface area contributed by atoms with Gasteiger partial charge in [-0.15, -0.1) is 11.3 Å². The Morgan fingerprint density at radius 2 is 2.03 bits per heavy atom. The van der Waals surface area contributed by atoms with E-state index >= 15 is 0 Å². The van der Waals surface area contributed by atoms with Crippen LogP contribution in [0.15, 0.2) is 54.3 Å². The van der Waals surface area contributed by atoms with Crippen molar-refractivity contribution in [1.29, 1.82) is 0 Å². The lowest BCUT2D eigenvalue weighted by Gasteiger charge is -2.30. The molecule has 0 aliphatic carbocycles. The first-order valence-corrected chi connectivity index (χ1v) is 10.4. The predicted molar refractivity (Wildman–Crippen MR) is 117 cm³/mol.